The molecule has 6 nitrogen and oxygen atoms in total. The monoisotopic (exact) mass is 360 g/mol. The van der Waals surface area contributed by atoms with Gasteiger partial charge in [-0.05, 0) is 49.9 Å². The maximum atomic E-state index is 12.9. The lowest BCUT2D eigenvalue weighted by Crippen LogP contribution is -2.36. The molecule has 0 radical (unpaired) electrons. The molecule has 0 amide bonds. The molecular formula is C18H24N4O2S. The lowest BCUT2D eigenvalue weighted by atomic mass is 10.2. The number of nitrogens with one attached hydrogen (secondary N) is 1. The Bertz CT molecular complexity index is 800. The average Bonchev–Trinajstić information content (AvgIpc) is 2.64. The van der Waals surface area contributed by atoms with Crippen LogP contribution in [0.3, 0.4) is 0 Å². The highest BCUT2D eigenvalue weighted by Gasteiger charge is 2.28. The van der Waals surface area contributed by atoms with E-state index in [1.165, 1.54) is 0 Å². The number of anilines is 1. The van der Waals surface area contributed by atoms with Crippen molar-refractivity contribution < 1.29 is 8.42 Å². The van der Waals surface area contributed by atoms with Crippen LogP contribution in [-0.4, -0.2) is 42.3 Å². The molecule has 25 heavy (non-hydrogen) atoms. The van der Waals surface area contributed by atoms with Gasteiger partial charge < -0.3 is 5.32 Å². The molecule has 0 aliphatic carbocycles. The predicted molar refractivity (Wildman–Crippen MR) is 98.0 cm³/mol. The minimum absolute atomic E-state index is 0.263. The van der Waals surface area contributed by atoms with E-state index in [4.69, 9.17) is 0 Å². The number of hydrogen-bond acceptors (Lipinski definition) is 5. The van der Waals surface area contributed by atoms with Gasteiger partial charge in [0, 0.05) is 37.7 Å². The maximum absolute atomic E-state index is 12.9. The van der Waals surface area contributed by atoms with Crippen LogP contribution in [0.4, 0.5) is 5.82 Å². The summed E-state index contributed by atoms with van der Waals surface area (Å²) < 4.78 is 27.4. The standard InChI is InChI=1S/C18H24N4O2S/c1-15-7-8-16(14-21-15)9-11-20-18-17(6-5-10-19-18)25(23,24)22-12-3-2-4-13-22/h5-8,10,14H,2-4,9,11-13H2,1H3,(H,19,20). The zero-order chi connectivity index (χ0) is 17.7. The number of pyridine rings is 2. The molecule has 0 spiro atoms. The fraction of sp³-hybridized carbons (Fsp3) is 0.444. The van der Waals surface area contributed by atoms with E-state index < -0.39 is 10.0 Å². The van der Waals surface area contributed by atoms with E-state index in [2.05, 4.69) is 15.3 Å². The largest absolute Gasteiger partial charge is 0.369 e. The van der Waals surface area contributed by atoms with Crippen molar-refractivity contribution in [2.75, 3.05) is 25.0 Å². The molecule has 7 heteroatoms. The van der Waals surface area contributed by atoms with Gasteiger partial charge in [-0.15, -0.1) is 0 Å². The van der Waals surface area contributed by atoms with Crippen LogP contribution in [0.15, 0.2) is 41.6 Å². The number of rotatable bonds is 6. The Labute approximate surface area is 149 Å². The first-order chi connectivity index (χ1) is 12.1. The van der Waals surface area contributed by atoms with Crippen molar-refractivity contribution in [3.05, 3.63) is 47.9 Å². The Morgan fingerprint density at radius 2 is 1.92 bits per heavy atom. The van der Waals surface area contributed by atoms with Crippen LogP contribution in [0.25, 0.3) is 0 Å². The summed E-state index contributed by atoms with van der Waals surface area (Å²) in [5.41, 5.74) is 2.09. The Hall–Kier alpha value is -1.99. The maximum Gasteiger partial charge on any atom is 0.246 e. The van der Waals surface area contributed by atoms with E-state index >= 15 is 0 Å². The van der Waals surface area contributed by atoms with Crippen LogP contribution in [0.2, 0.25) is 0 Å². The van der Waals surface area contributed by atoms with Crippen LogP contribution >= 0.6 is 0 Å². The Balaban J connectivity index is 1.71. The molecule has 1 fully saturated rings. The van der Waals surface area contributed by atoms with Gasteiger partial charge in [-0.2, -0.15) is 4.31 Å². The van der Waals surface area contributed by atoms with E-state index in [1.54, 1.807) is 22.6 Å². The first-order valence-corrected chi connectivity index (χ1v) is 10.1. The van der Waals surface area contributed by atoms with Crippen molar-refractivity contribution in [2.45, 2.75) is 37.5 Å². The highest BCUT2D eigenvalue weighted by molar-refractivity contribution is 7.89. The molecule has 3 heterocycles. The van der Waals surface area contributed by atoms with Gasteiger partial charge in [0.15, 0.2) is 0 Å². The molecule has 1 aliphatic heterocycles. The van der Waals surface area contributed by atoms with E-state index in [1.807, 2.05) is 25.3 Å². The first kappa shape index (κ1) is 17.8. The van der Waals surface area contributed by atoms with Gasteiger partial charge in [-0.1, -0.05) is 12.5 Å². The van der Waals surface area contributed by atoms with Crippen LogP contribution in [0.5, 0.6) is 0 Å². The topological polar surface area (TPSA) is 75.2 Å². The second kappa shape index (κ2) is 7.93. The third-order valence-corrected chi connectivity index (χ3v) is 6.31. The second-order valence-corrected chi connectivity index (χ2v) is 8.21. The highest BCUT2D eigenvalue weighted by Crippen LogP contribution is 2.25. The van der Waals surface area contributed by atoms with Gasteiger partial charge in [-0.3, -0.25) is 4.98 Å². The third-order valence-electron chi connectivity index (χ3n) is 4.38. The molecule has 134 valence electrons. The summed E-state index contributed by atoms with van der Waals surface area (Å²) in [5.74, 6) is 0.424. The van der Waals surface area contributed by atoms with Crippen LogP contribution in [0, 0.1) is 6.92 Å². The SMILES string of the molecule is Cc1ccc(CCNc2ncccc2S(=O)(=O)N2CCCCC2)cn1. The van der Waals surface area contributed by atoms with E-state index in [-0.39, 0.29) is 4.90 Å². The van der Waals surface area contributed by atoms with Crippen molar-refractivity contribution in [3.8, 4) is 0 Å². The van der Waals surface area contributed by atoms with Gasteiger partial charge in [0.25, 0.3) is 0 Å². The number of sulfonamides is 1. The first-order valence-electron chi connectivity index (χ1n) is 8.68. The molecule has 0 aromatic carbocycles. The predicted octanol–water partition coefficient (Wildman–Crippen LogP) is 2.61. The zero-order valence-electron chi connectivity index (χ0n) is 14.5. The highest BCUT2D eigenvalue weighted by atomic mass is 32.2. The Morgan fingerprint density at radius 3 is 2.64 bits per heavy atom. The van der Waals surface area contributed by atoms with E-state index in [9.17, 15) is 8.42 Å². The summed E-state index contributed by atoms with van der Waals surface area (Å²) in [5, 5.41) is 3.18. The van der Waals surface area contributed by atoms with Gasteiger partial charge in [0.05, 0.1) is 0 Å². The minimum atomic E-state index is -3.50. The number of aryl methyl sites for hydroxylation is 1. The zero-order valence-corrected chi connectivity index (χ0v) is 15.3. The normalized spacial score (nSPS) is 15.9. The summed E-state index contributed by atoms with van der Waals surface area (Å²) in [6.45, 7) is 3.73. The number of piperidine rings is 1. The van der Waals surface area contributed by atoms with Gasteiger partial charge in [0.2, 0.25) is 10.0 Å². The quantitative estimate of drug-likeness (QED) is 0.857. The van der Waals surface area contributed by atoms with Crippen LogP contribution < -0.4 is 5.32 Å². The number of nitrogens with zero attached hydrogens (tertiary/aromatic N) is 3. The van der Waals surface area contributed by atoms with E-state index in [0.29, 0.717) is 25.5 Å². The summed E-state index contributed by atoms with van der Waals surface area (Å²) in [6.07, 6.45) is 7.15. The lowest BCUT2D eigenvalue weighted by molar-refractivity contribution is 0.346. The van der Waals surface area contributed by atoms with Gasteiger partial charge in [0.1, 0.15) is 10.7 Å². The summed E-state index contributed by atoms with van der Waals surface area (Å²) >= 11 is 0. The van der Waals surface area contributed by atoms with Crippen molar-refractivity contribution >= 4 is 15.8 Å². The summed E-state index contributed by atoms with van der Waals surface area (Å²) in [6, 6.07) is 7.31. The van der Waals surface area contributed by atoms with Crippen molar-refractivity contribution in [2.24, 2.45) is 0 Å². The smallest absolute Gasteiger partial charge is 0.246 e. The second-order valence-electron chi connectivity index (χ2n) is 6.30. The molecule has 0 atom stereocenters. The molecule has 1 aliphatic rings. The van der Waals surface area contributed by atoms with Crippen LogP contribution in [-0.2, 0) is 16.4 Å². The molecular weight excluding hydrogens is 336 g/mol. The Morgan fingerprint density at radius 1 is 1.12 bits per heavy atom. The molecule has 0 saturated carbocycles. The van der Waals surface area contributed by atoms with E-state index in [0.717, 1.165) is 36.9 Å². The average molecular weight is 360 g/mol. The van der Waals surface area contributed by atoms with Crippen molar-refractivity contribution in [1.82, 2.24) is 14.3 Å². The third kappa shape index (κ3) is 4.35. The van der Waals surface area contributed by atoms with Gasteiger partial charge >= 0.3 is 0 Å². The molecule has 1 N–H and O–H groups in total. The molecule has 0 unspecified atom stereocenters. The molecule has 0 bridgehead atoms. The number of aromatic nitrogens is 2. The minimum Gasteiger partial charge on any atom is -0.369 e. The van der Waals surface area contributed by atoms with Crippen molar-refractivity contribution in [3.63, 3.8) is 0 Å². The van der Waals surface area contributed by atoms with Gasteiger partial charge in [-0.25, -0.2) is 13.4 Å². The summed E-state index contributed by atoms with van der Waals surface area (Å²) in [7, 11) is -3.50. The molecule has 1 saturated heterocycles. The number of hydrogen-bond donors (Lipinski definition) is 1. The van der Waals surface area contributed by atoms with Crippen molar-refractivity contribution in [1.29, 1.82) is 0 Å². The summed E-state index contributed by atoms with van der Waals surface area (Å²) in [4.78, 5) is 8.79. The molecule has 2 aromatic rings. The molecule has 2 aromatic heterocycles. The Kier molecular flexibility index (Phi) is 5.65. The fourth-order valence-corrected chi connectivity index (χ4v) is 4.58. The lowest BCUT2D eigenvalue weighted by Gasteiger charge is -2.26. The fourth-order valence-electron chi connectivity index (χ4n) is 2.95. The van der Waals surface area contributed by atoms with Crippen LogP contribution in [0.1, 0.15) is 30.5 Å². The molecule has 3 rings (SSSR count).